The molecule has 1 fully saturated rings. The summed E-state index contributed by atoms with van der Waals surface area (Å²) in [6, 6.07) is 12.9. The fourth-order valence-corrected chi connectivity index (χ4v) is 4.14. The summed E-state index contributed by atoms with van der Waals surface area (Å²) in [6.45, 7) is 0.976. The lowest BCUT2D eigenvalue weighted by atomic mass is 10.0. The van der Waals surface area contributed by atoms with Crippen LogP contribution < -0.4 is 16.5 Å². The predicted molar refractivity (Wildman–Crippen MR) is 120 cm³/mol. The highest BCUT2D eigenvalue weighted by Gasteiger charge is 2.45. The molecule has 31 heavy (non-hydrogen) atoms. The number of hydrogen-bond acceptors (Lipinski definition) is 6. The monoisotopic (exact) mass is 414 g/mol. The Hall–Kier alpha value is -3.46. The first-order chi connectivity index (χ1) is 15.1. The molecule has 0 spiro atoms. The third-order valence-electron chi connectivity index (χ3n) is 5.77. The van der Waals surface area contributed by atoms with Gasteiger partial charge in [-0.25, -0.2) is 4.98 Å². The summed E-state index contributed by atoms with van der Waals surface area (Å²) in [7, 11) is 0. The zero-order valence-electron chi connectivity index (χ0n) is 17.0. The highest BCUT2D eigenvalue weighted by atomic mass is 16.1. The van der Waals surface area contributed by atoms with E-state index in [1.54, 1.807) is 42.9 Å². The van der Waals surface area contributed by atoms with Gasteiger partial charge in [-0.2, -0.15) is 10.8 Å². The summed E-state index contributed by atoms with van der Waals surface area (Å²) < 4.78 is -0.0174. The molecule has 0 radical (unpaired) electrons. The summed E-state index contributed by atoms with van der Waals surface area (Å²) in [5.74, 6) is 7.81. The van der Waals surface area contributed by atoms with Crippen LogP contribution in [0.15, 0.2) is 82.4 Å². The van der Waals surface area contributed by atoms with Crippen molar-refractivity contribution in [2.75, 3.05) is 11.9 Å². The second-order valence-corrected chi connectivity index (χ2v) is 7.81. The van der Waals surface area contributed by atoms with Crippen LogP contribution in [0.1, 0.15) is 35.2 Å². The number of hydrogen-bond donors (Lipinski definition) is 3. The molecule has 2 atom stereocenters. The molecule has 156 valence electrons. The number of nitrogens with two attached hydrogens (primary N) is 1. The van der Waals surface area contributed by atoms with Gasteiger partial charge in [0.25, 0.3) is 11.7 Å². The van der Waals surface area contributed by atoms with Crippen LogP contribution in [0, 0.1) is 0 Å². The number of carbonyl (C=O) groups is 1. The second-order valence-electron chi connectivity index (χ2n) is 7.81. The first-order valence-electron chi connectivity index (χ1n) is 10.4. The lowest BCUT2D eigenvalue weighted by molar-refractivity contribution is -0.750. The van der Waals surface area contributed by atoms with Gasteiger partial charge in [-0.05, 0) is 55.8 Å². The average molecular weight is 414 g/mol. The van der Waals surface area contributed by atoms with Gasteiger partial charge >= 0.3 is 0 Å². The molecule has 0 saturated carbocycles. The van der Waals surface area contributed by atoms with Gasteiger partial charge in [0.1, 0.15) is 17.7 Å². The van der Waals surface area contributed by atoms with E-state index in [4.69, 9.17) is 10.8 Å². The maximum Gasteiger partial charge on any atom is 0.264 e. The molecule has 4 heterocycles. The summed E-state index contributed by atoms with van der Waals surface area (Å²) in [5, 5.41) is 6.35. The molecular weight excluding hydrogens is 390 g/mol. The van der Waals surface area contributed by atoms with Gasteiger partial charge < -0.3 is 10.6 Å². The molecule has 1 amide bonds. The molecule has 1 saturated heterocycles. The molecule has 0 bridgehead atoms. The Morgan fingerprint density at radius 1 is 1.16 bits per heavy atom. The van der Waals surface area contributed by atoms with E-state index in [2.05, 4.69) is 20.6 Å². The number of fused-ring (bicyclic) bond motifs is 1. The Balaban J connectivity index is 1.42. The number of amidine groups is 1. The quantitative estimate of drug-likeness (QED) is 0.528. The van der Waals surface area contributed by atoms with E-state index in [1.165, 1.54) is 6.42 Å². The van der Waals surface area contributed by atoms with E-state index in [9.17, 15) is 4.79 Å². The third-order valence-corrected chi connectivity index (χ3v) is 5.77. The van der Waals surface area contributed by atoms with Gasteiger partial charge in [-0.15, -0.1) is 4.59 Å². The zero-order chi connectivity index (χ0) is 21.3. The van der Waals surface area contributed by atoms with E-state index >= 15 is 0 Å². The number of aromatic nitrogens is 1. The Kier molecular flexibility index (Phi) is 5.03. The van der Waals surface area contributed by atoms with Crippen molar-refractivity contribution in [1.29, 1.82) is 0 Å². The van der Waals surface area contributed by atoms with Crippen molar-refractivity contribution in [3.63, 3.8) is 0 Å². The first-order valence-corrected chi connectivity index (χ1v) is 10.4. The largest absolute Gasteiger partial charge is 0.308 e. The number of nitrogens with zero attached hydrogens (tertiary/aromatic N) is 4. The third kappa shape index (κ3) is 3.61. The number of pyridine rings is 1. The Bertz CT molecular complexity index is 1110. The summed E-state index contributed by atoms with van der Waals surface area (Å²) in [4.78, 5) is 25.9. The molecule has 5 rings (SSSR count). The van der Waals surface area contributed by atoms with Crippen LogP contribution in [0.3, 0.4) is 0 Å². The highest BCUT2D eigenvalue weighted by molar-refractivity contribution is 6.05. The molecule has 2 aromatic rings. The first kappa shape index (κ1) is 19.5. The number of rotatable bonds is 4. The fourth-order valence-electron chi connectivity index (χ4n) is 4.14. The van der Waals surface area contributed by atoms with Gasteiger partial charge in [-0.1, -0.05) is 12.5 Å². The molecule has 1 aromatic heterocycles. The van der Waals surface area contributed by atoms with Crippen molar-refractivity contribution in [3.05, 3.63) is 83.6 Å². The zero-order valence-corrected chi connectivity index (χ0v) is 17.0. The summed E-state index contributed by atoms with van der Waals surface area (Å²) >= 11 is 0. The number of piperidine rings is 1. The number of amides is 1. The predicted octanol–water partition coefficient (Wildman–Crippen LogP) is 2.69. The normalized spacial score (nSPS) is 24.7. The van der Waals surface area contributed by atoms with Crippen molar-refractivity contribution in [3.8, 4) is 0 Å². The molecule has 8 heteroatoms. The number of aliphatic imine (C=N–C) groups is 2. The van der Waals surface area contributed by atoms with E-state index in [-0.39, 0.29) is 16.5 Å². The van der Waals surface area contributed by atoms with E-state index in [0.29, 0.717) is 11.4 Å². The van der Waals surface area contributed by atoms with E-state index < -0.39 is 0 Å². The Morgan fingerprint density at radius 2 is 2.03 bits per heavy atom. The molecule has 8 nitrogen and oxygen atoms in total. The standard InChI is InChI=1S/C23H23N7O/c24-30-14-13-25-15-19(30)21(18-5-1-3-11-26-18)29-22(30)16-7-9-17(10-8-16)23(31)28-20-6-2-4-12-27-20/h2,4,6-10,12-15,18,26H,1,3,5,11,24H2/p+1. The van der Waals surface area contributed by atoms with Gasteiger partial charge in [0.15, 0.2) is 0 Å². The van der Waals surface area contributed by atoms with Crippen molar-refractivity contribution >= 4 is 23.8 Å². The topological polar surface area (TPSA) is 105 Å². The van der Waals surface area contributed by atoms with Crippen LogP contribution in [0.5, 0.6) is 0 Å². The molecule has 1 aromatic carbocycles. The van der Waals surface area contributed by atoms with Gasteiger partial charge in [-0.3, -0.25) is 9.79 Å². The lowest BCUT2D eigenvalue weighted by Crippen LogP contribution is -2.53. The van der Waals surface area contributed by atoms with Crippen LogP contribution in [-0.2, 0) is 0 Å². The SMILES string of the molecule is N[N+]12C=CN=CC1=C(C1CCCCN1)N=C2c1ccc(C(=O)Nc2ccccn2)cc1. The van der Waals surface area contributed by atoms with Crippen LogP contribution in [-0.4, -0.2) is 40.1 Å². The van der Waals surface area contributed by atoms with Crippen LogP contribution >= 0.6 is 0 Å². The minimum atomic E-state index is -0.217. The van der Waals surface area contributed by atoms with Crippen molar-refractivity contribution in [1.82, 2.24) is 10.3 Å². The van der Waals surface area contributed by atoms with Crippen molar-refractivity contribution in [2.45, 2.75) is 25.3 Å². The average Bonchev–Trinajstić information content (AvgIpc) is 3.13. The number of benzene rings is 1. The summed E-state index contributed by atoms with van der Waals surface area (Å²) in [6.07, 6.45) is 10.3. The Morgan fingerprint density at radius 3 is 2.77 bits per heavy atom. The van der Waals surface area contributed by atoms with Gasteiger partial charge in [0.2, 0.25) is 5.70 Å². The molecule has 3 aliphatic rings. The Labute approximate surface area is 180 Å². The second kappa shape index (κ2) is 7.99. The molecular formula is C23H24N7O+. The van der Waals surface area contributed by atoms with Crippen LogP contribution in [0.4, 0.5) is 5.82 Å². The fraction of sp³-hybridized carbons (Fsp3) is 0.217. The van der Waals surface area contributed by atoms with E-state index in [1.807, 2.05) is 24.4 Å². The highest BCUT2D eigenvalue weighted by Crippen LogP contribution is 2.34. The van der Waals surface area contributed by atoms with Crippen molar-refractivity contribution < 1.29 is 9.39 Å². The van der Waals surface area contributed by atoms with Crippen molar-refractivity contribution in [2.24, 2.45) is 15.8 Å². The number of quaternary nitrogens is 1. The number of anilines is 1. The molecule has 3 aliphatic heterocycles. The van der Waals surface area contributed by atoms with E-state index in [0.717, 1.165) is 42.2 Å². The maximum absolute atomic E-state index is 12.5. The van der Waals surface area contributed by atoms with Gasteiger partial charge in [0, 0.05) is 11.8 Å². The lowest BCUT2D eigenvalue weighted by Gasteiger charge is -2.27. The number of allylic oxidation sites excluding steroid dienone is 1. The molecule has 0 aliphatic carbocycles. The number of carbonyl (C=O) groups excluding carboxylic acids is 1. The van der Waals surface area contributed by atoms with Crippen LogP contribution in [0.25, 0.3) is 0 Å². The number of nitrogens with one attached hydrogen (secondary N) is 2. The molecule has 4 N–H and O–H groups in total. The molecule has 2 unspecified atom stereocenters. The minimum absolute atomic E-state index is 0.0174. The minimum Gasteiger partial charge on any atom is -0.308 e. The van der Waals surface area contributed by atoms with Gasteiger partial charge in [0.05, 0.1) is 24.0 Å². The maximum atomic E-state index is 12.5. The van der Waals surface area contributed by atoms with Crippen LogP contribution in [0.2, 0.25) is 0 Å². The smallest absolute Gasteiger partial charge is 0.264 e. The summed E-state index contributed by atoms with van der Waals surface area (Å²) in [5.41, 5.74) is 3.23.